The summed E-state index contributed by atoms with van der Waals surface area (Å²) in [4.78, 5) is 27.8. The lowest BCUT2D eigenvalue weighted by Gasteiger charge is -2.23. The van der Waals surface area contributed by atoms with E-state index in [2.05, 4.69) is 5.32 Å². The van der Waals surface area contributed by atoms with Crippen molar-refractivity contribution < 1.29 is 18.7 Å². The first kappa shape index (κ1) is 17.5. The van der Waals surface area contributed by atoms with E-state index in [9.17, 15) is 9.59 Å². The largest absolute Gasteiger partial charge is 0.467 e. The van der Waals surface area contributed by atoms with Gasteiger partial charge in [0.1, 0.15) is 11.4 Å². The lowest BCUT2D eigenvalue weighted by molar-refractivity contribution is -0.138. The Morgan fingerprint density at radius 3 is 3.00 bits per heavy atom. The summed E-state index contributed by atoms with van der Waals surface area (Å²) in [6, 6.07) is 11.0. The minimum atomic E-state index is -0.716. The third-order valence-corrected chi connectivity index (χ3v) is 6.00. The molecule has 0 saturated carbocycles. The van der Waals surface area contributed by atoms with Gasteiger partial charge in [-0.15, -0.1) is 0 Å². The highest BCUT2D eigenvalue weighted by atomic mass is 35.5. The van der Waals surface area contributed by atoms with Gasteiger partial charge in [0, 0.05) is 11.6 Å². The summed E-state index contributed by atoms with van der Waals surface area (Å²) in [5, 5.41) is 3.56. The van der Waals surface area contributed by atoms with Crippen molar-refractivity contribution in [2.45, 2.75) is 24.8 Å². The van der Waals surface area contributed by atoms with Crippen molar-refractivity contribution in [2.75, 3.05) is 6.54 Å². The number of ether oxygens (including phenoxy) is 1. The zero-order chi connectivity index (χ0) is 19.3. The van der Waals surface area contributed by atoms with Gasteiger partial charge in [0.25, 0.3) is 0 Å². The summed E-state index contributed by atoms with van der Waals surface area (Å²) in [6.07, 6.45) is 5.08. The summed E-state index contributed by atoms with van der Waals surface area (Å²) < 4.78 is 11.5. The first-order valence-corrected chi connectivity index (χ1v) is 9.64. The summed E-state index contributed by atoms with van der Waals surface area (Å²) in [7, 11) is 0. The smallest absolute Gasteiger partial charge is 0.230 e. The van der Waals surface area contributed by atoms with Crippen LogP contribution in [-0.4, -0.2) is 35.0 Å². The molecular formula is C21H19ClN2O4. The summed E-state index contributed by atoms with van der Waals surface area (Å²) in [6.45, 7) is 1.17. The number of carbonyl (C=O) groups is 2. The molecular weight excluding hydrogens is 380 g/mol. The van der Waals surface area contributed by atoms with Crippen LogP contribution >= 0.6 is 11.6 Å². The Balaban J connectivity index is 1.32. The highest BCUT2D eigenvalue weighted by Crippen LogP contribution is 2.52. The average molecular weight is 399 g/mol. The van der Waals surface area contributed by atoms with Crippen LogP contribution in [0.15, 0.2) is 59.2 Å². The van der Waals surface area contributed by atoms with Gasteiger partial charge >= 0.3 is 0 Å². The number of hydrogen-bond donors (Lipinski definition) is 1. The van der Waals surface area contributed by atoms with Crippen molar-refractivity contribution in [3.8, 4) is 0 Å². The van der Waals surface area contributed by atoms with Gasteiger partial charge in [-0.3, -0.25) is 9.59 Å². The number of hydrogen-bond acceptors (Lipinski definition) is 4. The van der Waals surface area contributed by atoms with Crippen molar-refractivity contribution in [1.29, 1.82) is 0 Å². The van der Waals surface area contributed by atoms with Gasteiger partial charge in [-0.2, -0.15) is 0 Å². The van der Waals surface area contributed by atoms with Crippen molar-refractivity contribution >= 4 is 23.4 Å². The van der Waals surface area contributed by atoms with Crippen LogP contribution < -0.4 is 5.32 Å². The molecule has 28 heavy (non-hydrogen) atoms. The number of likely N-dealkylation sites (tertiary alicyclic amines) is 1. The van der Waals surface area contributed by atoms with E-state index in [1.165, 1.54) is 0 Å². The van der Waals surface area contributed by atoms with Crippen LogP contribution in [0.2, 0.25) is 5.02 Å². The fourth-order valence-electron chi connectivity index (χ4n) is 4.56. The molecule has 3 aliphatic rings. The zero-order valence-corrected chi connectivity index (χ0v) is 15.8. The first-order valence-electron chi connectivity index (χ1n) is 9.26. The molecule has 4 atom stereocenters. The second kappa shape index (κ2) is 6.50. The minimum Gasteiger partial charge on any atom is -0.467 e. The number of carbonyl (C=O) groups excluding carboxylic acids is 2. The third kappa shape index (κ3) is 2.75. The van der Waals surface area contributed by atoms with Crippen LogP contribution in [0.3, 0.4) is 0 Å². The molecule has 2 fully saturated rings. The number of furan rings is 1. The molecule has 1 N–H and O–H groups in total. The quantitative estimate of drug-likeness (QED) is 0.785. The van der Waals surface area contributed by atoms with Crippen LogP contribution in [0.25, 0.3) is 0 Å². The molecule has 2 saturated heterocycles. The molecule has 0 unspecified atom stereocenters. The van der Waals surface area contributed by atoms with Crippen LogP contribution in [0.5, 0.6) is 0 Å². The lowest BCUT2D eigenvalue weighted by atomic mass is 9.77. The Morgan fingerprint density at radius 2 is 2.21 bits per heavy atom. The Hall–Kier alpha value is -2.57. The van der Waals surface area contributed by atoms with E-state index >= 15 is 0 Å². The second-order valence-electron chi connectivity index (χ2n) is 7.52. The standard InChI is InChI=1S/C21H19ClN2O4/c22-14-4-1-3-13(9-14)10-23-19(25)17-16-6-7-21(28-16)12-24(20(26)18(17)21)11-15-5-2-8-27-15/h1-9,16-18H,10-12H2,(H,23,25)/t16-,17-,18+,21-/m1/s1. The zero-order valence-electron chi connectivity index (χ0n) is 15.0. The number of rotatable bonds is 5. The van der Waals surface area contributed by atoms with E-state index in [-0.39, 0.29) is 17.9 Å². The molecule has 2 amide bonds. The molecule has 1 spiro atoms. The van der Waals surface area contributed by atoms with E-state index in [0.29, 0.717) is 30.4 Å². The summed E-state index contributed by atoms with van der Waals surface area (Å²) in [5.74, 6) is -0.555. The number of fused-ring (bicyclic) bond motifs is 1. The van der Waals surface area contributed by atoms with Crippen molar-refractivity contribution in [1.82, 2.24) is 10.2 Å². The third-order valence-electron chi connectivity index (χ3n) is 5.76. The topological polar surface area (TPSA) is 71.8 Å². The Bertz CT molecular complexity index is 957. The minimum absolute atomic E-state index is 0.0637. The van der Waals surface area contributed by atoms with Crippen molar-refractivity contribution in [3.05, 3.63) is 71.2 Å². The Morgan fingerprint density at radius 1 is 1.32 bits per heavy atom. The van der Waals surface area contributed by atoms with Gasteiger partial charge in [0.15, 0.2) is 0 Å². The first-order chi connectivity index (χ1) is 13.6. The maximum Gasteiger partial charge on any atom is 0.230 e. The molecule has 0 radical (unpaired) electrons. The fourth-order valence-corrected chi connectivity index (χ4v) is 4.77. The van der Waals surface area contributed by atoms with Crippen LogP contribution in [0.4, 0.5) is 0 Å². The van der Waals surface area contributed by atoms with Crippen LogP contribution in [0, 0.1) is 11.8 Å². The van der Waals surface area contributed by atoms with E-state index in [1.54, 1.807) is 23.3 Å². The maximum absolute atomic E-state index is 13.1. The Labute approximate surface area is 167 Å². The normalized spacial score (nSPS) is 30.1. The SMILES string of the molecule is O=C(NCc1cccc(Cl)c1)[C@H]1[C@H]2C(=O)N(Cc3ccco3)C[C@]23C=C[C@H]1O3. The van der Waals surface area contributed by atoms with E-state index in [4.69, 9.17) is 20.8 Å². The molecule has 3 aliphatic heterocycles. The van der Waals surface area contributed by atoms with Gasteiger partial charge in [-0.25, -0.2) is 0 Å². The maximum atomic E-state index is 13.1. The van der Waals surface area contributed by atoms with Gasteiger partial charge in [-0.1, -0.05) is 35.9 Å². The number of halogens is 1. The summed E-state index contributed by atoms with van der Waals surface area (Å²) >= 11 is 6.00. The molecule has 1 aromatic carbocycles. The van der Waals surface area contributed by atoms with Gasteiger partial charge in [-0.05, 0) is 29.8 Å². The molecule has 0 aliphatic carbocycles. The van der Waals surface area contributed by atoms with E-state index in [1.807, 2.05) is 36.4 Å². The van der Waals surface area contributed by atoms with E-state index in [0.717, 1.165) is 5.56 Å². The molecule has 2 bridgehead atoms. The molecule has 2 aromatic rings. The molecule has 6 nitrogen and oxygen atoms in total. The Kier molecular flexibility index (Phi) is 4.07. The number of benzene rings is 1. The molecule has 5 rings (SSSR count). The number of nitrogens with one attached hydrogen (secondary N) is 1. The monoisotopic (exact) mass is 398 g/mol. The highest BCUT2D eigenvalue weighted by molar-refractivity contribution is 6.30. The van der Waals surface area contributed by atoms with Crippen LogP contribution in [0.1, 0.15) is 11.3 Å². The van der Waals surface area contributed by atoms with Gasteiger partial charge in [0.05, 0.1) is 37.3 Å². The highest BCUT2D eigenvalue weighted by Gasteiger charge is 2.66. The molecule has 1 aromatic heterocycles. The van der Waals surface area contributed by atoms with Gasteiger partial charge < -0.3 is 19.4 Å². The van der Waals surface area contributed by atoms with Crippen LogP contribution in [-0.2, 0) is 27.4 Å². The fraction of sp³-hybridized carbons (Fsp3) is 0.333. The van der Waals surface area contributed by atoms with E-state index < -0.39 is 17.4 Å². The number of amides is 2. The molecule has 144 valence electrons. The van der Waals surface area contributed by atoms with Gasteiger partial charge in [0.2, 0.25) is 11.8 Å². The predicted molar refractivity (Wildman–Crippen MR) is 101 cm³/mol. The average Bonchev–Trinajstić information content (AvgIpc) is 3.43. The van der Waals surface area contributed by atoms with Crippen molar-refractivity contribution in [2.24, 2.45) is 11.8 Å². The number of nitrogens with zero attached hydrogens (tertiary/aromatic N) is 1. The second-order valence-corrected chi connectivity index (χ2v) is 7.96. The predicted octanol–water partition coefficient (Wildman–Crippen LogP) is 2.53. The molecule has 4 heterocycles. The summed E-state index contributed by atoms with van der Waals surface area (Å²) in [5.41, 5.74) is 0.194. The van der Waals surface area contributed by atoms with Crippen molar-refractivity contribution in [3.63, 3.8) is 0 Å². The molecule has 7 heteroatoms. The lowest BCUT2D eigenvalue weighted by Crippen LogP contribution is -2.43.